The van der Waals surface area contributed by atoms with Crippen LogP contribution in [0.1, 0.15) is 26.3 Å². The van der Waals surface area contributed by atoms with Crippen molar-refractivity contribution in [1.82, 2.24) is 0 Å². The number of anilines is 2. The molecular formula is C21H16BrClN2O2. The zero-order chi connectivity index (χ0) is 19.4. The fourth-order valence-corrected chi connectivity index (χ4v) is 3.01. The van der Waals surface area contributed by atoms with Crippen LogP contribution in [-0.2, 0) is 0 Å². The minimum atomic E-state index is -0.286. The quantitative estimate of drug-likeness (QED) is 0.526. The first-order valence-electron chi connectivity index (χ1n) is 8.17. The second kappa shape index (κ2) is 8.37. The molecule has 2 N–H and O–H groups in total. The molecule has 136 valence electrons. The molecule has 6 heteroatoms. The highest BCUT2D eigenvalue weighted by Gasteiger charge is 2.11. The summed E-state index contributed by atoms with van der Waals surface area (Å²) in [6.07, 6.45) is 0. The van der Waals surface area contributed by atoms with Crippen LogP contribution in [0.3, 0.4) is 0 Å². The van der Waals surface area contributed by atoms with Gasteiger partial charge in [0.05, 0.1) is 0 Å². The SMILES string of the molecule is Cc1ccc(C(=O)Nc2cccc(C(=O)Nc3cccc(Cl)c3)c2)cc1Br. The van der Waals surface area contributed by atoms with Crippen LogP contribution in [0.25, 0.3) is 0 Å². The number of carbonyl (C=O) groups excluding carboxylic acids is 2. The summed E-state index contributed by atoms with van der Waals surface area (Å²) in [7, 11) is 0. The van der Waals surface area contributed by atoms with Crippen molar-refractivity contribution in [1.29, 1.82) is 0 Å². The van der Waals surface area contributed by atoms with Crippen LogP contribution in [0.15, 0.2) is 71.2 Å². The van der Waals surface area contributed by atoms with Crippen molar-refractivity contribution in [3.05, 3.63) is 92.9 Å². The fraction of sp³-hybridized carbons (Fsp3) is 0.0476. The van der Waals surface area contributed by atoms with E-state index in [4.69, 9.17) is 11.6 Å². The van der Waals surface area contributed by atoms with E-state index in [0.717, 1.165) is 10.0 Å². The van der Waals surface area contributed by atoms with Gasteiger partial charge in [-0.2, -0.15) is 0 Å². The molecule has 0 bridgehead atoms. The molecule has 0 saturated heterocycles. The van der Waals surface area contributed by atoms with Gasteiger partial charge >= 0.3 is 0 Å². The lowest BCUT2D eigenvalue weighted by Crippen LogP contribution is -2.14. The summed E-state index contributed by atoms with van der Waals surface area (Å²) in [6.45, 7) is 1.95. The van der Waals surface area contributed by atoms with E-state index >= 15 is 0 Å². The zero-order valence-corrected chi connectivity index (χ0v) is 16.8. The third-order valence-corrected chi connectivity index (χ3v) is 4.99. The van der Waals surface area contributed by atoms with E-state index in [0.29, 0.717) is 27.5 Å². The molecule has 0 radical (unpaired) electrons. The van der Waals surface area contributed by atoms with Crippen molar-refractivity contribution in [2.45, 2.75) is 6.92 Å². The smallest absolute Gasteiger partial charge is 0.255 e. The summed E-state index contributed by atoms with van der Waals surface area (Å²) in [4.78, 5) is 24.9. The molecule has 0 aliphatic carbocycles. The summed E-state index contributed by atoms with van der Waals surface area (Å²) in [5.74, 6) is -0.533. The Morgan fingerprint density at radius 3 is 2.04 bits per heavy atom. The van der Waals surface area contributed by atoms with Crippen LogP contribution in [-0.4, -0.2) is 11.8 Å². The monoisotopic (exact) mass is 442 g/mol. The Morgan fingerprint density at radius 2 is 1.41 bits per heavy atom. The number of carbonyl (C=O) groups is 2. The molecule has 3 rings (SSSR count). The van der Waals surface area contributed by atoms with Gasteiger partial charge < -0.3 is 10.6 Å². The van der Waals surface area contributed by atoms with Gasteiger partial charge in [-0.05, 0) is 61.0 Å². The number of amides is 2. The van der Waals surface area contributed by atoms with Crippen molar-refractivity contribution in [2.75, 3.05) is 10.6 Å². The van der Waals surface area contributed by atoms with E-state index < -0.39 is 0 Å². The van der Waals surface area contributed by atoms with E-state index in [1.807, 2.05) is 13.0 Å². The molecule has 3 aromatic carbocycles. The van der Waals surface area contributed by atoms with E-state index in [2.05, 4.69) is 26.6 Å². The summed E-state index contributed by atoms with van der Waals surface area (Å²) in [5.41, 5.74) is 3.15. The predicted molar refractivity (Wildman–Crippen MR) is 113 cm³/mol. The summed E-state index contributed by atoms with van der Waals surface area (Å²) in [6, 6.07) is 19.1. The van der Waals surface area contributed by atoms with Crippen molar-refractivity contribution in [3.63, 3.8) is 0 Å². The first-order valence-corrected chi connectivity index (χ1v) is 9.34. The number of nitrogens with one attached hydrogen (secondary N) is 2. The van der Waals surface area contributed by atoms with E-state index in [-0.39, 0.29) is 11.8 Å². The van der Waals surface area contributed by atoms with Crippen LogP contribution in [0.2, 0.25) is 5.02 Å². The highest BCUT2D eigenvalue weighted by molar-refractivity contribution is 9.10. The lowest BCUT2D eigenvalue weighted by Gasteiger charge is -2.09. The highest BCUT2D eigenvalue weighted by Crippen LogP contribution is 2.20. The van der Waals surface area contributed by atoms with E-state index in [1.165, 1.54) is 0 Å². The molecule has 3 aromatic rings. The Bertz CT molecular complexity index is 1020. The van der Waals surface area contributed by atoms with Gasteiger partial charge in [0.1, 0.15) is 0 Å². The molecule has 0 unspecified atom stereocenters. The summed E-state index contributed by atoms with van der Waals surface area (Å²) < 4.78 is 0.866. The molecular weight excluding hydrogens is 428 g/mol. The lowest BCUT2D eigenvalue weighted by molar-refractivity contribution is 0.101. The van der Waals surface area contributed by atoms with Crippen LogP contribution >= 0.6 is 27.5 Å². The molecule has 0 heterocycles. The van der Waals surface area contributed by atoms with Gasteiger partial charge in [0, 0.05) is 32.0 Å². The van der Waals surface area contributed by atoms with Crippen molar-refractivity contribution < 1.29 is 9.59 Å². The number of aryl methyl sites for hydroxylation is 1. The third kappa shape index (κ3) is 4.96. The maximum absolute atomic E-state index is 12.4. The highest BCUT2D eigenvalue weighted by atomic mass is 79.9. The topological polar surface area (TPSA) is 58.2 Å². The molecule has 0 aliphatic heterocycles. The minimum Gasteiger partial charge on any atom is -0.322 e. The van der Waals surface area contributed by atoms with Crippen LogP contribution in [0, 0.1) is 6.92 Å². The first-order chi connectivity index (χ1) is 12.9. The van der Waals surface area contributed by atoms with Crippen LogP contribution in [0.5, 0.6) is 0 Å². The molecule has 2 amide bonds. The largest absolute Gasteiger partial charge is 0.322 e. The second-order valence-electron chi connectivity index (χ2n) is 5.96. The van der Waals surface area contributed by atoms with Crippen molar-refractivity contribution in [3.8, 4) is 0 Å². The van der Waals surface area contributed by atoms with Crippen LogP contribution in [0.4, 0.5) is 11.4 Å². The molecule has 0 aromatic heterocycles. The Balaban J connectivity index is 1.73. The maximum atomic E-state index is 12.4. The number of halogens is 2. The molecule has 0 saturated carbocycles. The third-order valence-electron chi connectivity index (χ3n) is 3.90. The molecule has 0 spiro atoms. The van der Waals surface area contributed by atoms with Gasteiger partial charge in [-0.3, -0.25) is 9.59 Å². The van der Waals surface area contributed by atoms with Crippen LogP contribution < -0.4 is 10.6 Å². The summed E-state index contributed by atoms with van der Waals surface area (Å²) >= 11 is 9.36. The Morgan fingerprint density at radius 1 is 0.815 bits per heavy atom. The standard InChI is InChI=1S/C21H16BrClN2O2/c1-13-8-9-15(11-19(13)22)21(27)24-17-6-2-4-14(10-17)20(26)25-18-7-3-5-16(23)12-18/h2-12H,1H3,(H,24,27)(H,25,26). The van der Waals surface area contributed by atoms with Gasteiger partial charge in [0.15, 0.2) is 0 Å². The molecule has 27 heavy (non-hydrogen) atoms. The lowest BCUT2D eigenvalue weighted by atomic mass is 10.1. The Kier molecular flexibility index (Phi) is 5.94. The number of hydrogen-bond acceptors (Lipinski definition) is 2. The van der Waals surface area contributed by atoms with Gasteiger partial charge in [-0.15, -0.1) is 0 Å². The summed E-state index contributed by atoms with van der Waals surface area (Å²) in [5, 5.41) is 6.13. The number of rotatable bonds is 4. The molecule has 0 aliphatic rings. The number of benzene rings is 3. The normalized spacial score (nSPS) is 10.3. The maximum Gasteiger partial charge on any atom is 0.255 e. The Hall–Kier alpha value is -2.63. The minimum absolute atomic E-state index is 0.247. The van der Waals surface area contributed by atoms with Gasteiger partial charge in [0.25, 0.3) is 11.8 Å². The average Bonchev–Trinajstić information content (AvgIpc) is 2.64. The molecule has 0 fully saturated rings. The first kappa shape index (κ1) is 19.1. The van der Waals surface area contributed by atoms with Gasteiger partial charge in [-0.1, -0.05) is 45.7 Å². The van der Waals surface area contributed by atoms with Crippen molar-refractivity contribution in [2.24, 2.45) is 0 Å². The number of hydrogen-bond donors (Lipinski definition) is 2. The van der Waals surface area contributed by atoms with Crippen molar-refractivity contribution >= 4 is 50.7 Å². The van der Waals surface area contributed by atoms with E-state index in [9.17, 15) is 9.59 Å². The average molecular weight is 444 g/mol. The molecule has 0 atom stereocenters. The van der Waals surface area contributed by atoms with Gasteiger partial charge in [-0.25, -0.2) is 0 Å². The van der Waals surface area contributed by atoms with E-state index in [1.54, 1.807) is 60.7 Å². The van der Waals surface area contributed by atoms with Gasteiger partial charge in [0.2, 0.25) is 0 Å². The zero-order valence-electron chi connectivity index (χ0n) is 14.4. The predicted octanol–water partition coefficient (Wildman–Crippen LogP) is 5.92. The Labute approximate surface area is 170 Å². The fourth-order valence-electron chi connectivity index (χ4n) is 2.45. The second-order valence-corrected chi connectivity index (χ2v) is 7.25. The molecule has 4 nitrogen and oxygen atoms in total.